The molecule has 2 rings (SSSR count). The standard InChI is InChI=1S/C17H20FN3/c1-13(2)9-20-10-14-6-7-21(11-14)12-16-5-3-4-15(8-19)17(16)18/h3-7,11,13,20H,9-10,12H2,1-2H3. The highest BCUT2D eigenvalue weighted by Gasteiger charge is 2.08. The van der Waals surface area contributed by atoms with Gasteiger partial charge in [0.2, 0.25) is 0 Å². The van der Waals surface area contributed by atoms with Gasteiger partial charge in [-0.3, -0.25) is 0 Å². The van der Waals surface area contributed by atoms with Crippen LogP contribution in [0.3, 0.4) is 0 Å². The van der Waals surface area contributed by atoms with E-state index in [0.29, 0.717) is 18.0 Å². The van der Waals surface area contributed by atoms with Crippen molar-refractivity contribution in [1.82, 2.24) is 9.88 Å². The summed E-state index contributed by atoms with van der Waals surface area (Å²) >= 11 is 0. The Hall–Kier alpha value is -2.12. The van der Waals surface area contributed by atoms with E-state index in [1.807, 2.05) is 29.1 Å². The minimum atomic E-state index is -0.423. The summed E-state index contributed by atoms with van der Waals surface area (Å²) in [6.07, 6.45) is 3.94. The largest absolute Gasteiger partial charge is 0.349 e. The minimum Gasteiger partial charge on any atom is -0.349 e. The van der Waals surface area contributed by atoms with Crippen LogP contribution >= 0.6 is 0 Å². The van der Waals surface area contributed by atoms with Crippen molar-refractivity contribution in [3.05, 3.63) is 59.2 Å². The third kappa shape index (κ3) is 4.17. The predicted molar refractivity (Wildman–Crippen MR) is 81.2 cm³/mol. The van der Waals surface area contributed by atoms with E-state index < -0.39 is 5.82 Å². The summed E-state index contributed by atoms with van der Waals surface area (Å²) in [5.74, 6) is 0.197. The van der Waals surface area contributed by atoms with Crippen LogP contribution in [-0.2, 0) is 13.1 Å². The number of nitriles is 1. The summed E-state index contributed by atoms with van der Waals surface area (Å²) in [6.45, 7) is 6.56. The van der Waals surface area contributed by atoms with Gasteiger partial charge in [0.25, 0.3) is 0 Å². The lowest BCUT2D eigenvalue weighted by atomic mass is 10.1. The fourth-order valence-electron chi connectivity index (χ4n) is 2.18. The van der Waals surface area contributed by atoms with Gasteiger partial charge in [-0.2, -0.15) is 5.26 Å². The fraction of sp³-hybridized carbons (Fsp3) is 0.353. The molecule has 4 heteroatoms. The van der Waals surface area contributed by atoms with Gasteiger partial charge < -0.3 is 9.88 Å². The van der Waals surface area contributed by atoms with Crippen molar-refractivity contribution >= 4 is 0 Å². The summed E-state index contributed by atoms with van der Waals surface area (Å²) in [4.78, 5) is 0. The molecule has 2 aromatic rings. The van der Waals surface area contributed by atoms with Crippen molar-refractivity contribution in [3.63, 3.8) is 0 Å². The molecular formula is C17H20FN3. The number of benzene rings is 1. The van der Waals surface area contributed by atoms with Gasteiger partial charge in [0.05, 0.1) is 5.56 Å². The fourth-order valence-corrected chi connectivity index (χ4v) is 2.18. The molecule has 0 fully saturated rings. The smallest absolute Gasteiger partial charge is 0.145 e. The van der Waals surface area contributed by atoms with E-state index >= 15 is 0 Å². The average molecular weight is 285 g/mol. The molecule has 0 spiro atoms. The van der Waals surface area contributed by atoms with Gasteiger partial charge in [-0.15, -0.1) is 0 Å². The molecule has 0 bridgehead atoms. The van der Waals surface area contributed by atoms with Gasteiger partial charge in [0, 0.05) is 31.0 Å². The Bertz CT molecular complexity index is 638. The van der Waals surface area contributed by atoms with E-state index in [1.165, 1.54) is 11.6 Å². The number of rotatable bonds is 6. The number of aromatic nitrogens is 1. The summed E-state index contributed by atoms with van der Waals surface area (Å²) in [6, 6.07) is 8.82. The lowest BCUT2D eigenvalue weighted by Gasteiger charge is -2.07. The third-order valence-corrected chi connectivity index (χ3v) is 3.25. The molecule has 0 saturated heterocycles. The Morgan fingerprint density at radius 3 is 2.86 bits per heavy atom. The molecule has 3 nitrogen and oxygen atoms in total. The van der Waals surface area contributed by atoms with Gasteiger partial charge in [-0.1, -0.05) is 26.0 Å². The molecule has 1 aromatic carbocycles. The van der Waals surface area contributed by atoms with Crippen LogP contribution in [0.1, 0.15) is 30.5 Å². The van der Waals surface area contributed by atoms with Gasteiger partial charge in [0.15, 0.2) is 0 Å². The Kier molecular flexibility index (Phi) is 5.13. The molecule has 21 heavy (non-hydrogen) atoms. The van der Waals surface area contributed by atoms with E-state index in [2.05, 4.69) is 19.2 Å². The lowest BCUT2D eigenvalue weighted by molar-refractivity contribution is 0.552. The molecule has 0 aliphatic carbocycles. The predicted octanol–water partition coefficient (Wildman–Crippen LogP) is 3.29. The molecule has 0 saturated carbocycles. The number of hydrogen-bond acceptors (Lipinski definition) is 2. The molecule has 0 amide bonds. The van der Waals surface area contributed by atoms with Crippen LogP contribution in [0, 0.1) is 23.1 Å². The molecule has 0 unspecified atom stereocenters. The molecule has 0 atom stereocenters. The van der Waals surface area contributed by atoms with Crippen molar-refractivity contribution in [2.75, 3.05) is 6.54 Å². The van der Waals surface area contributed by atoms with Gasteiger partial charge in [-0.25, -0.2) is 4.39 Å². The van der Waals surface area contributed by atoms with Crippen LogP contribution in [-0.4, -0.2) is 11.1 Å². The lowest BCUT2D eigenvalue weighted by Crippen LogP contribution is -2.18. The van der Waals surface area contributed by atoms with Gasteiger partial charge >= 0.3 is 0 Å². The zero-order chi connectivity index (χ0) is 15.2. The van der Waals surface area contributed by atoms with Crippen molar-refractivity contribution in [2.45, 2.75) is 26.9 Å². The Balaban J connectivity index is 2.01. The third-order valence-electron chi connectivity index (χ3n) is 3.25. The maximum atomic E-state index is 14.0. The van der Waals surface area contributed by atoms with Gasteiger partial charge in [0.1, 0.15) is 11.9 Å². The van der Waals surface area contributed by atoms with Crippen LogP contribution in [0.4, 0.5) is 4.39 Å². The zero-order valence-corrected chi connectivity index (χ0v) is 12.4. The van der Waals surface area contributed by atoms with E-state index in [1.54, 1.807) is 12.1 Å². The summed E-state index contributed by atoms with van der Waals surface area (Å²) in [7, 11) is 0. The summed E-state index contributed by atoms with van der Waals surface area (Å²) < 4.78 is 15.9. The van der Waals surface area contributed by atoms with E-state index in [9.17, 15) is 4.39 Å². The number of nitrogens with one attached hydrogen (secondary N) is 1. The van der Waals surface area contributed by atoms with Crippen molar-refractivity contribution < 1.29 is 4.39 Å². The van der Waals surface area contributed by atoms with Crippen molar-refractivity contribution in [3.8, 4) is 6.07 Å². The Morgan fingerprint density at radius 1 is 1.33 bits per heavy atom. The van der Waals surface area contributed by atoms with Crippen molar-refractivity contribution in [2.24, 2.45) is 5.92 Å². The zero-order valence-electron chi connectivity index (χ0n) is 12.4. The molecule has 1 N–H and O–H groups in total. The molecular weight excluding hydrogens is 265 g/mol. The van der Waals surface area contributed by atoms with Crippen LogP contribution < -0.4 is 5.32 Å². The number of hydrogen-bond donors (Lipinski definition) is 1. The Morgan fingerprint density at radius 2 is 2.14 bits per heavy atom. The Labute approximate surface area is 125 Å². The van der Waals surface area contributed by atoms with E-state index in [0.717, 1.165) is 13.1 Å². The SMILES string of the molecule is CC(C)CNCc1ccn(Cc2cccc(C#N)c2F)c1. The van der Waals surface area contributed by atoms with Crippen molar-refractivity contribution in [1.29, 1.82) is 5.26 Å². The first-order valence-electron chi connectivity index (χ1n) is 7.13. The molecule has 0 aliphatic rings. The monoisotopic (exact) mass is 285 g/mol. The topological polar surface area (TPSA) is 40.8 Å². The van der Waals surface area contributed by atoms with Crippen LogP contribution in [0.15, 0.2) is 36.7 Å². The molecule has 0 radical (unpaired) electrons. The van der Waals surface area contributed by atoms with E-state index in [-0.39, 0.29) is 5.56 Å². The van der Waals surface area contributed by atoms with Crippen LogP contribution in [0.5, 0.6) is 0 Å². The number of halogens is 1. The maximum Gasteiger partial charge on any atom is 0.145 e. The highest BCUT2D eigenvalue weighted by atomic mass is 19.1. The quantitative estimate of drug-likeness (QED) is 0.884. The molecule has 0 aliphatic heterocycles. The normalized spacial score (nSPS) is 10.8. The molecule has 1 heterocycles. The van der Waals surface area contributed by atoms with Gasteiger partial charge in [-0.05, 0) is 30.2 Å². The highest BCUT2D eigenvalue weighted by molar-refractivity contribution is 5.35. The average Bonchev–Trinajstić information content (AvgIpc) is 2.88. The maximum absolute atomic E-state index is 14.0. The number of nitrogens with zero attached hydrogens (tertiary/aromatic N) is 2. The first-order chi connectivity index (χ1) is 10.1. The minimum absolute atomic E-state index is 0.0958. The second-order valence-electron chi connectivity index (χ2n) is 5.61. The second kappa shape index (κ2) is 7.05. The first kappa shape index (κ1) is 15.3. The molecule has 110 valence electrons. The van der Waals surface area contributed by atoms with Crippen LogP contribution in [0.2, 0.25) is 0 Å². The highest BCUT2D eigenvalue weighted by Crippen LogP contribution is 2.14. The summed E-state index contributed by atoms with van der Waals surface area (Å²) in [5.41, 5.74) is 1.80. The van der Waals surface area contributed by atoms with E-state index in [4.69, 9.17) is 5.26 Å². The first-order valence-corrected chi connectivity index (χ1v) is 7.13. The van der Waals surface area contributed by atoms with Crippen LogP contribution in [0.25, 0.3) is 0 Å². The summed E-state index contributed by atoms with van der Waals surface area (Å²) in [5, 5.41) is 12.2. The molecule has 1 aromatic heterocycles. The second-order valence-corrected chi connectivity index (χ2v) is 5.61.